The van der Waals surface area contributed by atoms with Crippen molar-refractivity contribution >= 4 is 31.4 Å². The fraction of sp³-hybridized carbons (Fsp3) is 0.647. The molecule has 0 saturated carbocycles. The molecule has 6 nitrogen and oxygen atoms in total. The fourth-order valence-electron chi connectivity index (χ4n) is 3.34. The van der Waals surface area contributed by atoms with Gasteiger partial charge in [-0.15, -0.1) is 11.3 Å². The Bertz CT molecular complexity index is 915. The molecule has 25 heavy (non-hydrogen) atoms. The van der Waals surface area contributed by atoms with Crippen LogP contribution in [0, 0.1) is 5.92 Å². The molecule has 8 heteroatoms. The van der Waals surface area contributed by atoms with E-state index in [-0.39, 0.29) is 23.1 Å². The van der Waals surface area contributed by atoms with Crippen molar-refractivity contribution in [2.75, 3.05) is 18.1 Å². The fourth-order valence-corrected chi connectivity index (χ4v) is 6.02. The Balaban J connectivity index is 1.90. The van der Waals surface area contributed by atoms with Crippen LogP contribution in [0.2, 0.25) is 0 Å². The summed E-state index contributed by atoms with van der Waals surface area (Å²) in [6.45, 7) is 7.42. The molecule has 1 fully saturated rings. The number of rotatable bonds is 6. The molecule has 0 spiro atoms. The van der Waals surface area contributed by atoms with Gasteiger partial charge in [0.05, 0.1) is 23.6 Å². The molecule has 3 rings (SSSR count). The third-order valence-corrected chi connectivity index (χ3v) is 7.51. The van der Waals surface area contributed by atoms with E-state index in [1.54, 1.807) is 22.2 Å². The molecule has 0 bridgehead atoms. The molecular weight excluding hydrogens is 358 g/mol. The molecule has 1 unspecified atom stereocenters. The third-order valence-electron chi connectivity index (χ3n) is 4.58. The number of aromatic nitrogens is 2. The van der Waals surface area contributed by atoms with E-state index in [4.69, 9.17) is 0 Å². The second-order valence-electron chi connectivity index (χ2n) is 7.17. The minimum atomic E-state index is -2.96. The van der Waals surface area contributed by atoms with Gasteiger partial charge in [-0.25, -0.2) is 13.4 Å². The molecule has 3 heterocycles. The second-order valence-corrected chi connectivity index (χ2v) is 10.5. The van der Waals surface area contributed by atoms with Gasteiger partial charge >= 0.3 is 0 Å². The maximum absolute atomic E-state index is 12.8. The first-order valence-corrected chi connectivity index (χ1v) is 11.3. The highest BCUT2D eigenvalue weighted by Crippen LogP contribution is 2.22. The van der Waals surface area contributed by atoms with Crippen LogP contribution in [0.1, 0.15) is 32.1 Å². The minimum Gasteiger partial charge on any atom is -0.285 e. The summed E-state index contributed by atoms with van der Waals surface area (Å²) in [6.07, 6.45) is 3.12. The lowest BCUT2D eigenvalue weighted by molar-refractivity contribution is 0.143. The molecule has 1 saturated heterocycles. The van der Waals surface area contributed by atoms with Gasteiger partial charge in [0.15, 0.2) is 9.84 Å². The number of aryl methyl sites for hydroxylation is 1. The van der Waals surface area contributed by atoms with Gasteiger partial charge < -0.3 is 0 Å². The molecule has 2 aromatic heterocycles. The van der Waals surface area contributed by atoms with Crippen molar-refractivity contribution in [2.24, 2.45) is 5.92 Å². The third kappa shape index (κ3) is 4.12. The first-order chi connectivity index (χ1) is 11.8. The van der Waals surface area contributed by atoms with Gasteiger partial charge in [-0.1, -0.05) is 20.8 Å². The number of hydrogen-bond donors (Lipinski definition) is 0. The van der Waals surface area contributed by atoms with Gasteiger partial charge in [-0.3, -0.25) is 14.3 Å². The summed E-state index contributed by atoms with van der Waals surface area (Å²) >= 11 is 1.56. The number of sulfone groups is 1. The maximum Gasteiger partial charge on any atom is 0.263 e. The van der Waals surface area contributed by atoms with Crippen molar-refractivity contribution < 1.29 is 8.42 Å². The zero-order chi connectivity index (χ0) is 18.2. The predicted octanol–water partition coefficient (Wildman–Crippen LogP) is 2.12. The van der Waals surface area contributed by atoms with Gasteiger partial charge in [-0.05, 0) is 24.8 Å². The molecule has 1 atom stereocenters. The number of thiophene rings is 1. The average Bonchev–Trinajstić information content (AvgIpc) is 3.12. The van der Waals surface area contributed by atoms with E-state index in [1.165, 1.54) is 0 Å². The highest BCUT2D eigenvalue weighted by atomic mass is 32.2. The van der Waals surface area contributed by atoms with Gasteiger partial charge in [0.1, 0.15) is 11.2 Å². The SMILES string of the molecule is CCc1cc2c(=O)n(CN(CC(C)C)C3CCS(=O)(=O)C3)cnc2s1. The van der Waals surface area contributed by atoms with Gasteiger partial charge in [0, 0.05) is 17.5 Å². The van der Waals surface area contributed by atoms with Crippen molar-refractivity contribution in [1.29, 1.82) is 0 Å². The lowest BCUT2D eigenvalue weighted by atomic mass is 10.1. The summed E-state index contributed by atoms with van der Waals surface area (Å²) in [7, 11) is -2.96. The van der Waals surface area contributed by atoms with E-state index in [0.717, 1.165) is 22.7 Å². The van der Waals surface area contributed by atoms with Crippen LogP contribution in [0.15, 0.2) is 17.2 Å². The molecule has 0 aliphatic carbocycles. The Morgan fingerprint density at radius 2 is 2.20 bits per heavy atom. The van der Waals surface area contributed by atoms with E-state index in [0.29, 0.717) is 24.4 Å². The van der Waals surface area contributed by atoms with Gasteiger partial charge in [0.25, 0.3) is 5.56 Å². The summed E-state index contributed by atoms with van der Waals surface area (Å²) in [5.74, 6) is 0.814. The molecule has 0 N–H and O–H groups in total. The Kier molecular flexibility index (Phi) is 5.31. The first kappa shape index (κ1) is 18.5. The molecular formula is C17H25N3O3S2. The molecule has 1 aliphatic rings. The molecule has 2 aromatic rings. The van der Waals surface area contributed by atoms with E-state index >= 15 is 0 Å². The van der Waals surface area contributed by atoms with E-state index in [9.17, 15) is 13.2 Å². The van der Waals surface area contributed by atoms with Crippen molar-refractivity contribution in [1.82, 2.24) is 14.5 Å². The zero-order valence-electron chi connectivity index (χ0n) is 14.9. The maximum atomic E-state index is 12.8. The number of hydrogen-bond acceptors (Lipinski definition) is 6. The van der Waals surface area contributed by atoms with Crippen LogP contribution in [0.5, 0.6) is 0 Å². The first-order valence-electron chi connectivity index (χ1n) is 8.71. The second kappa shape index (κ2) is 7.17. The number of nitrogens with zero attached hydrogens (tertiary/aromatic N) is 3. The highest BCUT2D eigenvalue weighted by molar-refractivity contribution is 7.91. The van der Waals surface area contributed by atoms with Crippen molar-refractivity contribution in [2.45, 2.75) is 46.3 Å². The Morgan fingerprint density at radius 3 is 2.80 bits per heavy atom. The smallest absolute Gasteiger partial charge is 0.263 e. The summed E-state index contributed by atoms with van der Waals surface area (Å²) in [5.41, 5.74) is -0.0458. The predicted molar refractivity (Wildman–Crippen MR) is 102 cm³/mol. The van der Waals surface area contributed by atoms with Crippen LogP contribution in [-0.2, 0) is 22.9 Å². The zero-order valence-corrected chi connectivity index (χ0v) is 16.6. The number of fused-ring (bicyclic) bond motifs is 1. The average molecular weight is 384 g/mol. The van der Waals surface area contributed by atoms with Crippen LogP contribution in [0.25, 0.3) is 10.2 Å². The van der Waals surface area contributed by atoms with Crippen LogP contribution < -0.4 is 5.56 Å². The van der Waals surface area contributed by atoms with E-state index in [1.807, 2.05) is 6.07 Å². The normalized spacial score (nSPS) is 20.1. The van der Waals surface area contributed by atoms with Crippen LogP contribution in [-0.4, -0.2) is 47.0 Å². The van der Waals surface area contributed by atoms with Gasteiger partial charge in [0.2, 0.25) is 0 Å². The molecule has 1 aliphatic heterocycles. The molecule has 0 amide bonds. The van der Waals surface area contributed by atoms with Crippen LogP contribution in [0.3, 0.4) is 0 Å². The Morgan fingerprint density at radius 1 is 1.44 bits per heavy atom. The lowest BCUT2D eigenvalue weighted by Gasteiger charge is -2.30. The van der Waals surface area contributed by atoms with E-state index < -0.39 is 9.84 Å². The largest absolute Gasteiger partial charge is 0.285 e. The van der Waals surface area contributed by atoms with Gasteiger partial charge in [-0.2, -0.15) is 0 Å². The topological polar surface area (TPSA) is 72.3 Å². The summed E-state index contributed by atoms with van der Waals surface area (Å²) in [4.78, 5) is 21.3. The Hall–Kier alpha value is -1.25. The summed E-state index contributed by atoms with van der Waals surface area (Å²) in [6, 6.07) is 1.90. The molecule has 0 aromatic carbocycles. The quantitative estimate of drug-likeness (QED) is 0.764. The molecule has 138 valence electrons. The Labute approximate surface area is 152 Å². The highest BCUT2D eigenvalue weighted by Gasteiger charge is 2.32. The monoisotopic (exact) mass is 383 g/mol. The van der Waals surface area contributed by atoms with Crippen LogP contribution >= 0.6 is 11.3 Å². The lowest BCUT2D eigenvalue weighted by Crippen LogP contribution is -2.42. The van der Waals surface area contributed by atoms with Crippen LogP contribution in [0.4, 0.5) is 0 Å². The van der Waals surface area contributed by atoms with E-state index in [2.05, 4.69) is 30.7 Å². The standard InChI is InChI=1S/C17H25N3O3S2/c1-4-14-7-15-16(24-14)18-10-20(17(15)21)11-19(8-12(2)3)13-5-6-25(22,23)9-13/h7,10,12-13H,4-6,8-9,11H2,1-3H3. The minimum absolute atomic E-state index is 0.0244. The van der Waals surface area contributed by atoms with Crippen molar-refractivity contribution in [3.63, 3.8) is 0 Å². The summed E-state index contributed by atoms with van der Waals surface area (Å²) in [5, 5.41) is 0.660. The molecule has 0 radical (unpaired) electrons. The summed E-state index contributed by atoms with van der Waals surface area (Å²) < 4.78 is 25.3. The van der Waals surface area contributed by atoms with Crippen molar-refractivity contribution in [3.8, 4) is 0 Å². The van der Waals surface area contributed by atoms with Crippen molar-refractivity contribution in [3.05, 3.63) is 27.6 Å².